The van der Waals surface area contributed by atoms with Gasteiger partial charge in [-0.25, -0.2) is 8.42 Å². The molecule has 0 saturated heterocycles. The topological polar surface area (TPSA) is 66.5 Å². The van der Waals surface area contributed by atoms with Crippen LogP contribution in [0, 0.1) is 0 Å². The molecule has 5 nitrogen and oxygen atoms in total. The lowest BCUT2D eigenvalue weighted by atomic mass is 9.99. The van der Waals surface area contributed by atoms with E-state index < -0.39 is 10.0 Å². The van der Waals surface area contributed by atoms with Gasteiger partial charge in [-0.1, -0.05) is 19.1 Å². The zero-order chi connectivity index (χ0) is 17.2. The number of anilines is 1. The van der Waals surface area contributed by atoms with E-state index in [9.17, 15) is 13.2 Å². The number of hydrogen-bond acceptors (Lipinski definition) is 4. The number of sulfonamides is 1. The molecule has 0 radical (unpaired) electrons. The Labute approximate surface area is 146 Å². The Hall–Kier alpha value is -1.86. The molecule has 0 fully saturated rings. The van der Waals surface area contributed by atoms with E-state index in [0.717, 1.165) is 16.9 Å². The zero-order valence-electron chi connectivity index (χ0n) is 13.5. The second-order valence-corrected chi connectivity index (χ2v) is 8.65. The van der Waals surface area contributed by atoms with Crippen LogP contribution in [0.4, 0.5) is 5.69 Å². The van der Waals surface area contributed by atoms with Crippen molar-refractivity contribution in [2.24, 2.45) is 0 Å². The number of carbonyl (C=O) groups is 1. The molecule has 7 heteroatoms. The highest BCUT2D eigenvalue weighted by atomic mass is 32.2. The minimum absolute atomic E-state index is 0.0348. The van der Waals surface area contributed by atoms with Gasteiger partial charge in [0.05, 0.1) is 10.6 Å². The molecule has 2 heterocycles. The third-order valence-corrected chi connectivity index (χ3v) is 6.33. The average molecular weight is 364 g/mol. The normalized spacial score (nSPS) is 14.3. The minimum Gasteiger partial charge on any atom is -0.333 e. The molecule has 24 heavy (non-hydrogen) atoms. The van der Waals surface area contributed by atoms with Crippen LogP contribution in [0.1, 0.15) is 34.1 Å². The summed E-state index contributed by atoms with van der Waals surface area (Å²) in [6, 6.07) is 9.29. The maximum atomic E-state index is 12.5. The number of amides is 1. The fourth-order valence-electron chi connectivity index (χ4n) is 2.85. The lowest BCUT2D eigenvalue weighted by Crippen LogP contribution is -2.35. The molecule has 1 aliphatic heterocycles. The van der Waals surface area contributed by atoms with Crippen LogP contribution in [-0.4, -0.2) is 31.5 Å². The van der Waals surface area contributed by atoms with E-state index in [0.29, 0.717) is 25.2 Å². The Morgan fingerprint density at radius 1 is 1.29 bits per heavy atom. The van der Waals surface area contributed by atoms with Gasteiger partial charge >= 0.3 is 0 Å². The van der Waals surface area contributed by atoms with Gasteiger partial charge in [0.1, 0.15) is 0 Å². The molecular formula is C17H20N2O3S2. The van der Waals surface area contributed by atoms with Crippen molar-refractivity contribution in [2.75, 3.05) is 17.0 Å². The van der Waals surface area contributed by atoms with Gasteiger partial charge in [-0.15, -0.1) is 11.3 Å². The molecule has 0 saturated carbocycles. The van der Waals surface area contributed by atoms with Gasteiger partial charge in [-0.05, 0) is 47.5 Å². The van der Waals surface area contributed by atoms with Crippen LogP contribution in [0.5, 0.6) is 0 Å². The number of rotatable bonds is 5. The Morgan fingerprint density at radius 3 is 2.83 bits per heavy atom. The molecule has 128 valence electrons. The quantitative estimate of drug-likeness (QED) is 0.886. The fraction of sp³-hybridized carbons (Fsp3) is 0.353. The molecular weight excluding hydrogens is 344 g/mol. The second kappa shape index (κ2) is 6.94. The number of carbonyl (C=O) groups excluding carboxylic acids is 1. The molecule has 0 unspecified atom stereocenters. The summed E-state index contributed by atoms with van der Waals surface area (Å²) in [5.41, 5.74) is 2.74. The monoisotopic (exact) mass is 364 g/mol. The number of fused-ring (bicyclic) bond motifs is 1. The third kappa shape index (κ3) is 3.79. The third-order valence-electron chi connectivity index (χ3n) is 3.98. The lowest BCUT2D eigenvalue weighted by molar-refractivity contribution is 0.0739. The summed E-state index contributed by atoms with van der Waals surface area (Å²) < 4.78 is 26.5. The van der Waals surface area contributed by atoms with Crippen molar-refractivity contribution in [3.05, 3.63) is 51.7 Å². The molecule has 0 bridgehead atoms. The first-order valence-electron chi connectivity index (χ1n) is 7.93. The largest absolute Gasteiger partial charge is 0.333 e. The van der Waals surface area contributed by atoms with Gasteiger partial charge in [0, 0.05) is 18.8 Å². The van der Waals surface area contributed by atoms with Crippen molar-refractivity contribution in [3.8, 4) is 0 Å². The highest BCUT2D eigenvalue weighted by Gasteiger charge is 2.23. The van der Waals surface area contributed by atoms with Gasteiger partial charge in [0.25, 0.3) is 5.91 Å². The summed E-state index contributed by atoms with van der Waals surface area (Å²) in [4.78, 5) is 15.0. The predicted octanol–water partition coefficient (Wildman–Crippen LogP) is 3.10. The highest BCUT2D eigenvalue weighted by molar-refractivity contribution is 7.92. The van der Waals surface area contributed by atoms with Crippen LogP contribution >= 0.6 is 11.3 Å². The van der Waals surface area contributed by atoms with Crippen molar-refractivity contribution in [3.63, 3.8) is 0 Å². The number of nitrogens with one attached hydrogen (secondary N) is 1. The SMILES string of the molecule is CCCS(=O)(=O)Nc1ccc2c(c1)CN(C(=O)c1cccs1)CC2. The Morgan fingerprint density at radius 2 is 2.12 bits per heavy atom. The van der Waals surface area contributed by atoms with Crippen molar-refractivity contribution in [2.45, 2.75) is 26.3 Å². The van der Waals surface area contributed by atoms with Crippen LogP contribution < -0.4 is 4.72 Å². The van der Waals surface area contributed by atoms with E-state index in [1.807, 2.05) is 41.5 Å². The molecule has 0 spiro atoms. The van der Waals surface area contributed by atoms with Crippen molar-refractivity contribution < 1.29 is 13.2 Å². The minimum atomic E-state index is -3.31. The van der Waals surface area contributed by atoms with E-state index in [2.05, 4.69) is 4.72 Å². The van der Waals surface area contributed by atoms with E-state index in [1.165, 1.54) is 16.9 Å². The number of benzene rings is 1. The number of thiophene rings is 1. The Bertz CT molecular complexity index is 830. The first-order valence-corrected chi connectivity index (χ1v) is 10.5. The zero-order valence-corrected chi connectivity index (χ0v) is 15.1. The van der Waals surface area contributed by atoms with Crippen LogP contribution in [-0.2, 0) is 23.0 Å². The van der Waals surface area contributed by atoms with E-state index in [1.54, 1.807) is 6.07 Å². The van der Waals surface area contributed by atoms with Gasteiger partial charge < -0.3 is 4.90 Å². The van der Waals surface area contributed by atoms with Crippen LogP contribution in [0.25, 0.3) is 0 Å². The lowest BCUT2D eigenvalue weighted by Gasteiger charge is -2.29. The standard InChI is InChI=1S/C17H20N2O3S2/c1-2-10-24(21,22)18-15-6-5-13-7-8-19(12-14(13)11-15)17(20)16-4-3-9-23-16/h3-6,9,11,18H,2,7-8,10,12H2,1H3. The Balaban J connectivity index is 1.78. The van der Waals surface area contributed by atoms with Crippen molar-refractivity contribution in [1.82, 2.24) is 4.90 Å². The maximum absolute atomic E-state index is 12.5. The average Bonchev–Trinajstić information content (AvgIpc) is 3.07. The van der Waals surface area contributed by atoms with Crippen LogP contribution in [0.3, 0.4) is 0 Å². The molecule has 1 aromatic carbocycles. The molecule has 0 atom stereocenters. The molecule has 1 aliphatic rings. The van der Waals surface area contributed by atoms with Gasteiger partial charge in [0.2, 0.25) is 10.0 Å². The maximum Gasteiger partial charge on any atom is 0.264 e. The smallest absolute Gasteiger partial charge is 0.264 e. The van der Waals surface area contributed by atoms with Gasteiger partial charge in [-0.2, -0.15) is 0 Å². The van der Waals surface area contributed by atoms with Crippen molar-refractivity contribution in [1.29, 1.82) is 0 Å². The Kier molecular flexibility index (Phi) is 4.91. The summed E-state index contributed by atoms with van der Waals surface area (Å²) in [6.45, 7) is 3.03. The van der Waals surface area contributed by atoms with Crippen LogP contribution in [0.2, 0.25) is 0 Å². The van der Waals surface area contributed by atoms with Gasteiger partial charge in [-0.3, -0.25) is 9.52 Å². The van der Waals surface area contributed by atoms with Crippen molar-refractivity contribution >= 4 is 33.0 Å². The second-order valence-electron chi connectivity index (χ2n) is 5.86. The number of nitrogens with zero attached hydrogens (tertiary/aromatic N) is 1. The number of hydrogen-bond donors (Lipinski definition) is 1. The first kappa shape index (κ1) is 17.0. The molecule has 3 rings (SSSR count). The molecule has 0 aliphatic carbocycles. The van der Waals surface area contributed by atoms with E-state index in [4.69, 9.17) is 0 Å². The molecule has 1 amide bonds. The fourth-order valence-corrected chi connectivity index (χ4v) is 4.67. The first-order chi connectivity index (χ1) is 11.5. The predicted molar refractivity (Wildman–Crippen MR) is 96.9 cm³/mol. The molecule has 1 N–H and O–H groups in total. The van der Waals surface area contributed by atoms with E-state index >= 15 is 0 Å². The summed E-state index contributed by atoms with van der Waals surface area (Å²) in [5.74, 6) is 0.139. The highest BCUT2D eigenvalue weighted by Crippen LogP contribution is 2.25. The molecule has 1 aromatic heterocycles. The molecule has 2 aromatic rings. The summed E-state index contributed by atoms with van der Waals surface area (Å²) in [7, 11) is -3.31. The van der Waals surface area contributed by atoms with Crippen LogP contribution in [0.15, 0.2) is 35.7 Å². The van der Waals surface area contributed by atoms with E-state index in [-0.39, 0.29) is 11.7 Å². The summed E-state index contributed by atoms with van der Waals surface area (Å²) in [5, 5.41) is 1.89. The summed E-state index contributed by atoms with van der Waals surface area (Å²) in [6.07, 6.45) is 1.36. The summed E-state index contributed by atoms with van der Waals surface area (Å²) >= 11 is 1.44. The van der Waals surface area contributed by atoms with Gasteiger partial charge in [0.15, 0.2) is 0 Å².